The Balaban J connectivity index is 1.81. The molecule has 0 aliphatic carbocycles. The predicted molar refractivity (Wildman–Crippen MR) is 94.6 cm³/mol. The zero-order chi connectivity index (χ0) is 17.4. The number of aliphatic imine (C=N–C) groups is 1. The van der Waals surface area contributed by atoms with Crippen LogP contribution in [0.1, 0.15) is 18.9 Å². The second kappa shape index (κ2) is 8.90. The van der Waals surface area contributed by atoms with Crippen molar-refractivity contribution >= 4 is 22.8 Å². The number of rotatable bonds is 7. The fourth-order valence-corrected chi connectivity index (χ4v) is 2.38. The lowest BCUT2D eigenvalue weighted by molar-refractivity contribution is -0.120. The molecule has 0 saturated carbocycles. The maximum atomic E-state index is 13.4. The molecule has 1 aromatic carbocycles. The lowest BCUT2D eigenvalue weighted by atomic mass is 10.1. The van der Waals surface area contributed by atoms with E-state index in [1.54, 1.807) is 13.1 Å². The summed E-state index contributed by atoms with van der Waals surface area (Å²) in [5.41, 5.74) is 1.95. The molecule has 4 N–H and O–H groups in total. The number of guanidine groups is 1. The van der Waals surface area contributed by atoms with Gasteiger partial charge in [0, 0.05) is 37.2 Å². The van der Waals surface area contributed by atoms with Crippen molar-refractivity contribution in [3.8, 4) is 0 Å². The first-order valence-electron chi connectivity index (χ1n) is 8.10. The van der Waals surface area contributed by atoms with E-state index >= 15 is 0 Å². The molecule has 0 aliphatic rings. The lowest BCUT2D eigenvalue weighted by Gasteiger charge is -2.11. The van der Waals surface area contributed by atoms with Crippen LogP contribution in [0.2, 0.25) is 0 Å². The Hall–Kier alpha value is -2.57. The fraction of sp³-hybridized carbons (Fsp3) is 0.412. The van der Waals surface area contributed by atoms with Crippen LogP contribution in [0, 0.1) is 5.82 Å². The van der Waals surface area contributed by atoms with E-state index in [2.05, 4.69) is 25.9 Å². The largest absolute Gasteiger partial charge is 0.361 e. The van der Waals surface area contributed by atoms with Gasteiger partial charge in [-0.25, -0.2) is 4.39 Å². The van der Waals surface area contributed by atoms with Crippen molar-refractivity contribution in [3.63, 3.8) is 0 Å². The Bertz CT molecular complexity index is 710. The number of benzene rings is 1. The summed E-state index contributed by atoms with van der Waals surface area (Å²) < 4.78 is 13.4. The minimum atomic E-state index is -0.244. The van der Waals surface area contributed by atoms with Crippen molar-refractivity contribution in [2.24, 2.45) is 4.99 Å². The molecule has 1 amide bonds. The van der Waals surface area contributed by atoms with E-state index in [0.717, 1.165) is 22.9 Å². The second-order valence-corrected chi connectivity index (χ2v) is 5.46. The van der Waals surface area contributed by atoms with Gasteiger partial charge in [0.1, 0.15) is 5.82 Å². The summed E-state index contributed by atoms with van der Waals surface area (Å²) in [7, 11) is 1.65. The molecule has 0 atom stereocenters. The number of aromatic amines is 1. The summed E-state index contributed by atoms with van der Waals surface area (Å²) >= 11 is 0. The molecule has 0 fully saturated rings. The molecule has 0 bridgehead atoms. The van der Waals surface area contributed by atoms with Crippen LogP contribution in [-0.2, 0) is 11.2 Å². The minimum Gasteiger partial charge on any atom is -0.361 e. The summed E-state index contributed by atoms with van der Waals surface area (Å²) in [6.07, 6.45) is 3.51. The number of hydrogen-bond acceptors (Lipinski definition) is 2. The lowest BCUT2D eigenvalue weighted by Crippen LogP contribution is -2.43. The third kappa shape index (κ3) is 4.97. The van der Waals surface area contributed by atoms with Crippen molar-refractivity contribution in [1.82, 2.24) is 20.9 Å². The van der Waals surface area contributed by atoms with Gasteiger partial charge < -0.3 is 20.9 Å². The van der Waals surface area contributed by atoms with E-state index in [1.807, 2.05) is 13.1 Å². The number of amides is 1. The third-order valence-corrected chi connectivity index (χ3v) is 3.63. The summed E-state index contributed by atoms with van der Waals surface area (Å²) in [6.45, 7) is 3.48. The van der Waals surface area contributed by atoms with Gasteiger partial charge in [-0.15, -0.1) is 0 Å². The Kier molecular flexibility index (Phi) is 6.60. The molecule has 2 rings (SSSR count). The van der Waals surface area contributed by atoms with Gasteiger partial charge in [-0.05, 0) is 36.6 Å². The molecule has 24 heavy (non-hydrogen) atoms. The first-order valence-corrected chi connectivity index (χ1v) is 8.10. The van der Waals surface area contributed by atoms with Crippen LogP contribution >= 0.6 is 0 Å². The number of hydrogen-bond donors (Lipinski definition) is 4. The zero-order valence-electron chi connectivity index (χ0n) is 14.1. The molecule has 0 spiro atoms. The predicted octanol–water partition coefficient (Wildman–Crippen LogP) is 1.54. The monoisotopic (exact) mass is 333 g/mol. The Labute approximate surface area is 140 Å². The molecule has 0 radical (unpaired) electrons. The number of fused-ring (bicyclic) bond motifs is 1. The van der Waals surface area contributed by atoms with Gasteiger partial charge in [0.25, 0.3) is 0 Å². The molecule has 1 heterocycles. The highest BCUT2D eigenvalue weighted by molar-refractivity contribution is 5.86. The third-order valence-electron chi connectivity index (χ3n) is 3.63. The Morgan fingerprint density at radius 2 is 2.08 bits per heavy atom. The van der Waals surface area contributed by atoms with E-state index in [-0.39, 0.29) is 18.3 Å². The van der Waals surface area contributed by atoms with Crippen LogP contribution in [0.4, 0.5) is 4.39 Å². The SMILES string of the molecule is CCCNC(=O)CNC(=NC)NCCc1c[nH]c2ccc(F)cc12. The van der Waals surface area contributed by atoms with Crippen molar-refractivity contribution < 1.29 is 9.18 Å². The topological polar surface area (TPSA) is 81.3 Å². The summed E-state index contributed by atoms with van der Waals surface area (Å²) in [5, 5.41) is 9.79. The van der Waals surface area contributed by atoms with Crippen molar-refractivity contribution in [2.75, 3.05) is 26.7 Å². The van der Waals surface area contributed by atoms with Crippen LogP contribution in [-0.4, -0.2) is 43.5 Å². The van der Waals surface area contributed by atoms with E-state index in [1.165, 1.54) is 12.1 Å². The molecule has 0 saturated heterocycles. The van der Waals surface area contributed by atoms with Gasteiger partial charge in [0.2, 0.25) is 5.91 Å². The van der Waals surface area contributed by atoms with Gasteiger partial charge in [-0.2, -0.15) is 0 Å². The number of nitrogens with one attached hydrogen (secondary N) is 4. The number of halogens is 1. The summed E-state index contributed by atoms with van der Waals surface area (Å²) in [4.78, 5) is 18.8. The summed E-state index contributed by atoms with van der Waals surface area (Å²) in [6, 6.07) is 4.71. The minimum absolute atomic E-state index is 0.0631. The molecule has 7 heteroatoms. The molecule has 130 valence electrons. The number of carbonyl (C=O) groups is 1. The quantitative estimate of drug-likeness (QED) is 0.458. The van der Waals surface area contributed by atoms with E-state index in [0.29, 0.717) is 25.5 Å². The normalized spacial score (nSPS) is 11.5. The van der Waals surface area contributed by atoms with Gasteiger partial charge in [-0.3, -0.25) is 9.79 Å². The average Bonchev–Trinajstić information content (AvgIpc) is 2.98. The number of aromatic nitrogens is 1. The molecule has 1 aromatic heterocycles. The van der Waals surface area contributed by atoms with Crippen molar-refractivity contribution in [2.45, 2.75) is 19.8 Å². The van der Waals surface area contributed by atoms with Crippen molar-refractivity contribution in [1.29, 1.82) is 0 Å². The van der Waals surface area contributed by atoms with Crippen LogP contribution in [0.3, 0.4) is 0 Å². The molecule has 0 unspecified atom stereocenters. The van der Waals surface area contributed by atoms with Gasteiger partial charge in [-0.1, -0.05) is 6.92 Å². The smallest absolute Gasteiger partial charge is 0.239 e. The van der Waals surface area contributed by atoms with E-state index in [4.69, 9.17) is 0 Å². The van der Waals surface area contributed by atoms with E-state index < -0.39 is 0 Å². The number of nitrogens with zero attached hydrogens (tertiary/aromatic N) is 1. The molecular formula is C17H24FN5O. The molecule has 2 aromatic rings. The number of H-pyrrole nitrogens is 1. The second-order valence-electron chi connectivity index (χ2n) is 5.46. The maximum absolute atomic E-state index is 13.4. The summed E-state index contributed by atoms with van der Waals surface area (Å²) in [5.74, 6) is 0.256. The maximum Gasteiger partial charge on any atom is 0.239 e. The number of carbonyl (C=O) groups excluding carboxylic acids is 1. The highest BCUT2D eigenvalue weighted by Crippen LogP contribution is 2.19. The fourth-order valence-electron chi connectivity index (χ4n) is 2.38. The van der Waals surface area contributed by atoms with Crippen LogP contribution in [0.25, 0.3) is 10.9 Å². The van der Waals surface area contributed by atoms with E-state index in [9.17, 15) is 9.18 Å². The molecular weight excluding hydrogens is 309 g/mol. The highest BCUT2D eigenvalue weighted by atomic mass is 19.1. The van der Waals surface area contributed by atoms with Crippen LogP contribution in [0.15, 0.2) is 29.4 Å². The Morgan fingerprint density at radius 3 is 2.83 bits per heavy atom. The van der Waals surface area contributed by atoms with Crippen LogP contribution < -0.4 is 16.0 Å². The highest BCUT2D eigenvalue weighted by Gasteiger charge is 2.06. The van der Waals surface area contributed by atoms with Gasteiger partial charge >= 0.3 is 0 Å². The molecule has 0 aliphatic heterocycles. The van der Waals surface area contributed by atoms with Crippen LogP contribution in [0.5, 0.6) is 0 Å². The average molecular weight is 333 g/mol. The first-order chi connectivity index (χ1) is 11.6. The molecule has 6 nitrogen and oxygen atoms in total. The standard InChI is InChI=1S/C17H24FN5O/c1-3-7-20-16(24)11-23-17(19-2)21-8-6-12-10-22-15-5-4-13(18)9-14(12)15/h4-5,9-10,22H,3,6-8,11H2,1-2H3,(H,20,24)(H2,19,21,23). The first kappa shape index (κ1) is 17.8. The Morgan fingerprint density at radius 1 is 1.25 bits per heavy atom. The van der Waals surface area contributed by atoms with Gasteiger partial charge in [0.05, 0.1) is 6.54 Å². The van der Waals surface area contributed by atoms with Gasteiger partial charge in [0.15, 0.2) is 5.96 Å². The zero-order valence-corrected chi connectivity index (χ0v) is 14.1. The van der Waals surface area contributed by atoms with Crippen molar-refractivity contribution in [3.05, 3.63) is 35.8 Å².